The van der Waals surface area contributed by atoms with Crippen LogP contribution in [0, 0.1) is 19.7 Å². The van der Waals surface area contributed by atoms with E-state index in [1.165, 1.54) is 31.4 Å². The van der Waals surface area contributed by atoms with Gasteiger partial charge in [0, 0.05) is 6.08 Å². The van der Waals surface area contributed by atoms with Crippen LogP contribution in [0.5, 0.6) is 5.75 Å². The van der Waals surface area contributed by atoms with Crippen molar-refractivity contribution in [3.63, 3.8) is 0 Å². The lowest BCUT2D eigenvalue weighted by molar-refractivity contribution is -0.111. The monoisotopic (exact) mass is 289 g/mol. The molecule has 0 saturated heterocycles. The molecule has 0 spiro atoms. The number of amides is 1. The molecule has 0 bridgehead atoms. The molecule has 0 fully saturated rings. The molecule has 21 heavy (non-hydrogen) atoms. The number of aryl methyl sites for hydroxylation is 2. The molecule has 0 unspecified atom stereocenters. The molecule has 0 radical (unpaired) electrons. The van der Waals surface area contributed by atoms with Gasteiger partial charge in [-0.3, -0.25) is 9.89 Å². The first-order valence-corrected chi connectivity index (χ1v) is 6.35. The molecule has 110 valence electrons. The number of aromatic nitrogens is 2. The van der Waals surface area contributed by atoms with Gasteiger partial charge in [-0.1, -0.05) is 6.07 Å². The zero-order valence-corrected chi connectivity index (χ0v) is 12.0. The van der Waals surface area contributed by atoms with Crippen molar-refractivity contribution < 1.29 is 13.9 Å². The molecule has 0 atom stereocenters. The summed E-state index contributed by atoms with van der Waals surface area (Å²) >= 11 is 0. The fraction of sp³-hybridized carbons (Fsp3) is 0.200. The van der Waals surface area contributed by atoms with Crippen LogP contribution >= 0.6 is 0 Å². The van der Waals surface area contributed by atoms with Gasteiger partial charge in [-0.05, 0) is 37.6 Å². The number of H-pyrrole nitrogens is 1. The van der Waals surface area contributed by atoms with Crippen LogP contribution in [0.3, 0.4) is 0 Å². The number of ether oxygens (including phenoxy) is 1. The lowest BCUT2D eigenvalue weighted by Crippen LogP contribution is -2.09. The van der Waals surface area contributed by atoms with Crippen LogP contribution in [0.1, 0.15) is 17.0 Å². The van der Waals surface area contributed by atoms with E-state index in [9.17, 15) is 9.18 Å². The average molecular weight is 289 g/mol. The summed E-state index contributed by atoms with van der Waals surface area (Å²) in [5.74, 6) is -0.610. The van der Waals surface area contributed by atoms with Gasteiger partial charge in [-0.15, -0.1) is 0 Å². The number of nitrogens with zero attached hydrogens (tertiary/aromatic N) is 1. The van der Waals surface area contributed by atoms with E-state index in [2.05, 4.69) is 15.5 Å². The molecule has 2 rings (SSSR count). The predicted octanol–water partition coefficient (Wildman–Crippen LogP) is 2.83. The Morgan fingerprint density at radius 3 is 2.76 bits per heavy atom. The lowest BCUT2D eigenvalue weighted by atomic mass is 10.2. The standard InChI is InChI=1S/C15H16FN3O2/c1-9-15(10(2)19-18-9)17-14(20)7-5-11-4-6-13(21-3)12(16)8-11/h4-8H,1-3H3,(H,17,20)(H,18,19)/b7-5+. The number of carbonyl (C=O) groups excluding carboxylic acids is 1. The third kappa shape index (κ3) is 3.47. The largest absolute Gasteiger partial charge is 0.494 e. The molecule has 1 heterocycles. The van der Waals surface area contributed by atoms with Crippen molar-refractivity contribution in [3.8, 4) is 5.75 Å². The molecule has 1 aromatic heterocycles. The first kappa shape index (κ1) is 14.8. The summed E-state index contributed by atoms with van der Waals surface area (Å²) in [6.07, 6.45) is 2.87. The highest BCUT2D eigenvalue weighted by Crippen LogP contribution is 2.19. The van der Waals surface area contributed by atoms with E-state index in [4.69, 9.17) is 4.74 Å². The number of rotatable bonds is 4. The summed E-state index contributed by atoms with van der Waals surface area (Å²) in [6.45, 7) is 3.61. The van der Waals surface area contributed by atoms with Crippen LogP contribution in [-0.4, -0.2) is 23.2 Å². The maximum atomic E-state index is 13.5. The van der Waals surface area contributed by atoms with Crippen molar-refractivity contribution in [1.29, 1.82) is 0 Å². The van der Waals surface area contributed by atoms with E-state index in [1.54, 1.807) is 13.0 Å². The van der Waals surface area contributed by atoms with Gasteiger partial charge in [-0.2, -0.15) is 5.10 Å². The second-order valence-electron chi connectivity index (χ2n) is 4.53. The fourth-order valence-corrected chi connectivity index (χ4v) is 1.86. The van der Waals surface area contributed by atoms with Gasteiger partial charge in [-0.25, -0.2) is 4.39 Å². The highest BCUT2D eigenvalue weighted by Gasteiger charge is 2.08. The van der Waals surface area contributed by atoms with Crippen LogP contribution in [0.25, 0.3) is 6.08 Å². The van der Waals surface area contributed by atoms with Crippen LogP contribution in [0.4, 0.5) is 10.1 Å². The number of hydrogen-bond donors (Lipinski definition) is 2. The molecule has 0 aliphatic rings. The molecular weight excluding hydrogens is 273 g/mol. The Hall–Kier alpha value is -2.63. The van der Waals surface area contributed by atoms with Crippen molar-refractivity contribution in [2.24, 2.45) is 0 Å². The number of carbonyl (C=O) groups is 1. The van der Waals surface area contributed by atoms with E-state index in [1.807, 2.05) is 6.92 Å². The van der Waals surface area contributed by atoms with Gasteiger partial charge in [0.05, 0.1) is 24.2 Å². The summed E-state index contributed by atoms with van der Waals surface area (Å²) in [6, 6.07) is 4.48. The van der Waals surface area contributed by atoms with Gasteiger partial charge in [0.2, 0.25) is 5.91 Å². The number of halogens is 1. The molecule has 2 aromatic rings. The molecule has 0 aliphatic carbocycles. The van der Waals surface area contributed by atoms with Gasteiger partial charge in [0.25, 0.3) is 0 Å². The lowest BCUT2D eigenvalue weighted by Gasteiger charge is -2.03. The van der Waals surface area contributed by atoms with Crippen molar-refractivity contribution in [3.05, 3.63) is 47.0 Å². The number of anilines is 1. The molecule has 1 amide bonds. The van der Waals surface area contributed by atoms with Crippen LogP contribution in [-0.2, 0) is 4.79 Å². The second-order valence-corrected chi connectivity index (χ2v) is 4.53. The van der Waals surface area contributed by atoms with Crippen molar-refractivity contribution in [1.82, 2.24) is 10.2 Å². The molecule has 2 N–H and O–H groups in total. The Labute approximate surface area is 121 Å². The molecule has 0 aliphatic heterocycles. The van der Waals surface area contributed by atoms with E-state index in [0.29, 0.717) is 16.9 Å². The minimum absolute atomic E-state index is 0.168. The number of aromatic amines is 1. The minimum Gasteiger partial charge on any atom is -0.494 e. The number of benzene rings is 1. The Balaban J connectivity index is 2.07. The molecular formula is C15H16FN3O2. The van der Waals surface area contributed by atoms with Crippen molar-refractivity contribution in [2.45, 2.75) is 13.8 Å². The second kappa shape index (κ2) is 6.21. The molecule has 0 saturated carbocycles. The third-order valence-corrected chi connectivity index (χ3v) is 2.98. The SMILES string of the molecule is COc1ccc(/C=C/C(=O)Nc2c(C)n[nH]c2C)cc1F. The highest BCUT2D eigenvalue weighted by molar-refractivity contribution is 6.02. The van der Waals surface area contributed by atoms with Crippen molar-refractivity contribution >= 4 is 17.7 Å². The first-order valence-electron chi connectivity index (χ1n) is 6.35. The minimum atomic E-state index is -0.471. The van der Waals surface area contributed by atoms with Gasteiger partial charge < -0.3 is 10.1 Å². The van der Waals surface area contributed by atoms with E-state index < -0.39 is 5.82 Å². The third-order valence-electron chi connectivity index (χ3n) is 2.98. The normalized spacial score (nSPS) is 10.9. The summed E-state index contributed by atoms with van der Waals surface area (Å²) in [4.78, 5) is 11.8. The topological polar surface area (TPSA) is 67.0 Å². The van der Waals surface area contributed by atoms with Crippen LogP contribution in [0.15, 0.2) is 24.3 Å². The van der Waals surface area contributed by atoms with Crippen LogP contribution < -0.4 is 10.1 Å². The fourth-order valence-electron chi connectivity index (χ4n) is 1.86. The van der Waals surface area contributed by atoms with E-state index in [0.717, 1.165) is 5.69 Å². The number of hydrogen-bond acceptors (Lipinski definition) is 3. The van der Waals surface area contributed by atoms with Crippen molar-refractivity contribution in [2.75, 3.05) is 12.4 Å². The first-order chi connectivity index (χ1) is 10.0. The highest BCUT2D eigenvalue weighted by atomic mass is 19.1. The smallest absolute Gasteiger partial charge is 0.248 e. The Morgan fingerprint density at radius 2 is 2.19 bits per heavy atom. The molecule has 6 heteroatoms. The number of nitrogens with one attached hydrogen (secondary N) is 2. The van der Waals surface area contributed by atoms with Gasteiger partial charge in [0.15, 0.2) is 11.6 Å². The maximum Gasteiger partial charge on any atom is 0.248 e. The Kier molecular flexibility index (Phi) is 4.37. The zero-order chi connectivity index (χ0) is 15.4. The quantitative estimate of drug-likeness (QED) is 0.850. The van der Waals surface area contributed by atoms with Crippen LogP contribution in [0.2, 0.25) is 0 Å². The average Bonchev–Trinajstić information content (AvgIpc) is 2.77. The van der Waals surface area contributed by atoms with E-state index >= 15 is 0 Å². The molecule has 5 nitrogen and oxygen atoms in total. The number of methoxy groups -OCH3 is 1. The summed E-state index contributed by atoms with van der Waals surface area (Å²) < 4.78 is 18.3. The summed E-state index contributed by atoms with van der Waals surface area (Å²) in [5, 5.41) is 9.50. The zero-order valence-electron chi connectivity index (χ0n) is 12.0. The Bertz CT molecular complexity index is 673. The Morgan fingerprint density at radius 1 is 1.43 bits per heavy atom. The van der Waals surface area contributed by atoms with Gasteiger partial charge in [0.1, 0.15) is 0 Å². The molecule has 1 aromatic carbocycles. The van der Waals surface area contributed by atoms with E-state index in [-0.39, 0.29) is 11.7 Å². The summed E-state index contributed by atoms with van der Waals surface area (Å²) in [5.41, 5.74) is 2.73. The maximum absolute atomic E-state index is 13.5. The predicted molar refractivity (Wildman–Crippen MR) is 78.7 cm³/mol. The van der Waals surface area contributed by atoms with Gasteiger partial charge >= 0.3 is 0 Å². The summed E-state index contributed by atoms with van der Waals surface area (Å²) in [7, 11) is 1.40.